The second-order valence-corrected chi connectivity index (χ2v) is 6.88. The molecule has 5 rings (SSSR count). The fourth-order valence-electron chi connectivity index (χ4n) is 5.27. The number of hydrogen-bond acceptors (Lipinski definition) is 2. The van der Waals surface area contributed by atoms with Crippen molar-refractivity contribution in [2.75, 3.05) is 0 Å². The highest BCUT2D eigenvalue weighted by molar-refractivity contribution is 5.88. The largest absolute Gasteiger partial charge is 0.478 e. The van der Waals surface area contributed by atoms with E-state index in [1.165, 1.54) is 32.1 Å². The molecule has 3 nitrogen and oxygen atoms in total. The predicted octanol–water partition coefficient (Wildman–Crippen LogP) is 3.83. The number of carboxylic acid groups (broad SMARTS) is 1. The summed E-state index contributed by atoms with van der Waals surface area (Å²) in [5.41, 5.74) is 0.351. The van der Waals surface area contributed by atoms with Gasteiger partial charge in [-0.25, -0.2) is 4.79 Å². The molecule has 0 aromatic carbocycles. The number of hydrogen-bond donors (Lipinski definition) is 1. The van der Waals surface area contributed by atoms with Crippen LogP contribution in [0.25, 0.3) is 0 Å². The molecule has 0 spiro atoms. The summed E-state index contributed by atoms with van der Waals surface area (Å²) in [5, 5.41) is 9.17. The van der Waals surface area contributed by atoms with E-state index in [1.807, 2.05) is 0 Å². The first-order valence-corrected chi connectivity index (χ1v) is 7.45. The molecule has 0 unspecified atom stereocenters. The van der Waals surface area contributed by atoms with E-state index in [1.54, 1.807) is 13.0 Å². The van der Waals surface area contributed by atoms with Crippen LogP contribution in [0.2, 0.25) is 0 Å². The summed E-state index contributed by atoms with van der Waals surface area (Å²) in [4.78, 5) is 11.2. The SMILES string of the molecule is Cc1oc(C2C3CC4CC(C3)CC2C4)cc1C(=O)O. The number of carboxylic acids is 1. The van der Waals surface area contributed by atoms with Crippen molar-refractivity contribution in [3.8, 4) is 0 Å². The van der Waals surface area contributed by atoms with E-state index in [-0.39, 0.29) is 0 Å². The average molecular weight is 260 g/mol. The third kappa shape index (κ3) is 1.67. The van der Waals surface area contributed by atoms with Crippen molar-refractivity contribution in [1.82, 2.24) is 0 Å². The first-order chi connectivity index (χ1) is 9.11. The minimum Gasteiger partial charge on any atom is -0.478 e. The van der Waals surface area contributed by atoms with Gasteiger partial charge in [0.15, 0.2) is 0 Å². The van der Waals surface area contributed by atoms with Crippen LogP contribution >= 0.6 is 0 Å². The van der Waals surface area contributed by atoms with E-state index in [0.29, 0.717) is 17.2 Å². The Morgan fingerprint density at radius 1 is 1.16 bits per heavy atom. The third-order valence-corrected chi connectivity index (χ3v) is 5.72. The number of aryl methyl sites for hydroxylation is 1. The van der Waals surface area contributed by atoms with Gasteiger partial charge in [0.25, 0.3) is 0 Å². The summed E-state index contributed by atoms with van der Waals surface area (Å²) in [6, 6.07) is 1.80. The van der Waals surface area contributed by atoms with E-state index < -0.39 is 5.97 Å². The lowest BCUT2D eigenvalue weighted by Gasteiger charge is -2.53. The van der Waals surface area contributed by atoms with Gasteiger partial charge in [0.2, 0.25) is 0 Å². The van der Waals surface area contributed by atoms with Crippen molar-refractivity contribution in [3.63, 3.8) is 0 Å². The van der Waals surface area contributed by atoms with Gasteiger partial charge in [0.1, 0.15) is 17.1 Å². The Morgan fingerprint density at radius 3 is 2.21 bits per heavy atom. The summed E-state index contributed by atoms with van der Waals surface area (Å²) in [7, 11) is 0. The summed E-state index contributed by atoms with van der Waals surface area (Å²) in [6.45, 7) is 1.77. The van der Waals surface area contributed by atoms with Crippen molar-refractivity contribution < 1.29 is 14.3 Å². The summed E-state index contributed by atoms with van der Waals surface area (Å²) in [5.74, 6) is 4.49. The molecule has 4 bridgehead atoms. The van der Waals surface area contributed by atoms with Crippen LogP contribution in [0, 0.1) is 30.6 Å². The molecule has 3 heteroatoms. The fraction of sp³-hybridized carbons (Fsp3) is 0.688. The normalized spacial score (nSPS) is 39.7. The molecule has 19 heavy (non-hydrogen) atoms. The quantitative estimate of drug-likeness (QED) is 0.879. The van der Waals surface area contributed by atoms with Gasteiger partial charge in [-0.3, -0.25) is 0 Å². The van der Waals surface area contributed by atoms with Crippen molar-refractivity contribution >= 4 is 5.97 Å². The molecule has 4 aliphatic rings. The molecule has 0 amide bonds. The second kappa shape index (κ2) is 3.87. The van der Waals surface area contributed by atoms with Gasteiger partial charge in [-0.2, -0.15) is 0 Å². The number of carbonyl (C=O) groups is 1. The second-order valence-electron chi connectivity index (χ2n) is 6.88. The molecule has 4 saturated carbocycles. The Kier molecular flexibility index (Phi) is 2.36. The Morgan fingerprint density at radius 2 is 1.74 bits per heavy atom. The lowest BCUT2D eigenvalue weighted by atomic mass is 9.51. The van der Waals surface area contributed by atoms with Gasteiger partial charge < -0.3 is 9.52 Å². The minimum atomic E-state index is -0.865. The zero-order chi connectivity index (χ0) is 13.1. The van der Waals surface area contributed by atoms with Crippen LogP contribution in [-0.2, 0) is 0 Å². The fourth-order valence-corrected chi connectivity index (χ4v) is 5.27. The van der Waals surface area contributed by atoms with E-state index in [2.05, 4.69) is 0 Å². The highest BCUT2D eigenvalue weighted by Gasteiger charge is 2.49. The van der Waals surface area contributed by atoms with Crippen LogP contribution in [0.1, 0.15) is 59.9 Å². The van der Waals surface area contributed by atoms with E-state index in [4.69, 9.17) is 9.52 Å². The monoisotopic (exact) mass is 260 g/mol. The molecule has 1 aromatic rings. The molecule has 0 aliphatic heterocycles. The summed E-state index contributed by atoms with van der Waals surface area (Å²) >= 11 is 0. The zero-order valence-corrected chi connectivity index (χ0v) is 11.3. The van der Waals surface area contributed by atoms with Crippen molar-refractivity contribution in [2.45, 2.75) is 44.9 Å². The van der Waals surface area contributed by atoms with Crippen LogP contribution in [-0.4, -0.2) is 11.1 Å². The lowest BCUT2D eigenvalue weighted by Crippen LogP contribution is -2.43. The van der Waals surface area contributed by atoms with E-state index >= 15 is 0 Å². The molecule has 1 aromatic heterocycles. The summed E-state index contributed by atoms with van der Waals surface area (Å²) < 4.78 is 5.82. The Labute approximate surface area is 113 Å². The highest BCUT2D eigenvalue weighted by Crippen LogP contribution is 2.60. The molecule has 0 radical (unpaired) electrons. The van der Waals surface area contributed by atoms with Gasteiger partial charge >= 0.3 is 5.97 Å². The van der Waals surface area contributed by atoms with E-state index in [0.717, 1.165) is 29.4 Å². The molecular formula is C16H20O3. The Hall–Kier alpha value is -1.25. The lowest BCUT2D eigenvalue weighted by molar-refractivity contribution is -0.00982. The van der Waals surface area contributed by atoms with Crippen LogP contribution in [0.15, 0.2) is 10.5 Å². The molecule has 1 heterocycles. The van der Waals surface area contributed by atoms with Crippen LogP contribution in [0.5, 0.6) is 0 Å². The molecular weight excluding hydrogens is 240 g/mol. The van der Waals surface area contributed by atoms with Gasteiger partial charge in [0, 0.05) is 5.92 Å². The first-order valence-electron chi connectivity index (χ1n) is 7.45. The van der Waals surface area contributed by atoms with Crippen molar-refractivity contribution in [2.24, 2.45) is 23.7 Å². The maximum Gasteiger partial charge on any atom is 0.339 e. The molecule has 0 atom stereocenters. The maximum atomic E-state index is 11.2. The van der Waals surface area contributed by atoms with E-state index in [9.17, 15) is 4.79 Å². The highest BCUT2D eigenvalue weighted by atomic mass is 16.4. The molecule has 4 fully saturated rings. The predicted molar refractivity (Wildman–Crippen MR) is 70.2 cm³/mol. The van der Waals surface area contributed by atoms with Gasteiger partial charge in [0.05, 0.1) is 0 Å². The standard InChI is InChI=1S/C16H20O3/c1-8-13(16(17)18)7-14(19-8)15-11-3-9-2-10(5-11)6-12(15)4-9/h7,9-12,15H,2-6H2,1H3,(H,17,18). The van der Waals surface area contributed by atoms with Crippen LogP contribution in [0.3, 0.4) is 0 Å². The van der Waals surface area contributed by atoms with Gasteiger partial charge in [-0.1, -0.05) is 0 Å². The number of rotatable bonds is 2. The van der Waals surface area contributed by atoms with Crippen molar-refractivity contribution in [1.29, 1.82) is 0 Å². The van der Waals surface area contributed by atoms with Crippen LogP contribution in [0.4, 0.5) is 0 Å². The van der Waals surface area contributed by atoms with Gasteiger partial charge in [-0.05, 0) is 68.8 Å². The smallest absolute Gasteiger partial charge is 0.339 e. The van der Waals surface area contributed by atoms with Gasteiger partial charge in [-0.15, -0.1) is 0 Å². The van der Waals surface area contributed by atoms with Crippen molar-refractivity contribution in [3.05, 3.63) is 23.2 Å². The maximum absolute atomic E-state index is 11.2. The topological polar surface area (TPSA) is 50.4 Å². The first kappa shape index (κ1) is 11.6. The average Bonchev–Trinajstić information content (AvgIpc) is 2.69. The molecule has 0 saturated heterocycles. The molecule has 1 N–H and O–H groups in total. The third-order valence-electron chi connectivity index (χ3n) is 5.72. The number of aromatic carboxylic acids is 1. The van der Waals surface area contributed by atoms with Crippen LogP contribution < -0.4 is 0 Å². The molecule has 4 aliphatic carbocycles. The number of furan rings is 1. The minimum absolute atomic E-state index is 0.351. The summed E-state index contributed by atoms with van der Waals surface area (Å²) in [6.07, 6.45) is 6.77. The zero-order valence-electron chi connectivity index (χ0n) is 11.3. The Balaban J connectivity index is 1.69. The Bertz CT molecular complexity index is 500. The molecule has 102 valence electrons.